The number of nitrogens with zero attached hydrogens (tertiary/aromatic N) is 3. The highest BCUT2D eigenvalue weighted by Crippen LogP contribution is 2.35. The molecule has 0 radical (unpaired) electrons. The molecular formula is C17H15N3O3S. The van der Waals surface area contributed by atoms with Crippen LogP contribution in [-0.2, 0) is 4.74 Å². The summed E-state index contributed by atoms with van der Waals surface area (Å²) in [5, 5.41) is 0.920. The summed E-state index contributed by atoms with van der Waals surface area (Å²) in [5.41, 5.74) is 1.34. The summed E-state index contributed by atoms with van der Waals surface area (Å²) in [5.74, 6) is 0.439. The Bertz CT molecular complexity index is 875. The number of aromatic nitrogens is 2. The lowest BCUT2D eigenvalue weighted by Gasteiger charge is -2.38. The van der Waals surface area contributed by atoms with Crippen LogP contribution in [0.5, 0.6) is 5.75 Å². The van der Waals surface area contributed by atoms with E-state index >= 15 is 0 Å². The molecule has 0 spiro atoms. The van der Waals surface area contributed by atoms with Crippen molar-refractivity contribution in [3.05, 3.63) is 48.3 Å². The van der Waals surface area contributed by atoms with Crippen LogP contribution in [0.2, 0.25) is 0 Å². The van der Waals surface area contributed by atoms with Crippen molar-refractivity contribution in [3.8, 4) is 5.75 Å². The number of ether oxygens (including phenoxy) is 2. The molecule has 3 aromatic rings. The van der Waals surface area contributed by atoms with E-state index < -0.39 is 0 Å². The van der Waals surface area contributed by atoms with Gasteiger partial charge in [-0.05, 0) is 24.3 Å². The van der Waals surface area contributed by atoms with E-state index in [-0.39, 0.29) is 12.1 Å². The quantitative estimate of drug-likeness (QED) is 0.680. The predicted octanol–water partition coefficient (Wildman–Crippen LogP) is 2.75. The number of hydrogen-bond acceptors (Lipinski definition) is 7. The Labute approximate surface area is 142 Å². The number of para-hydroxylation sites is 1. The van der Waals surface area contributed by atoms with Crippen LogP contribution < -0.4 is 9.64 Å². The monoisotopic (exact) mass is 341 g/mol. The summed E-state index contributed by atoms with van der Waals surface area (Å²) in [6, 6.07) is 9.31. The predicted molar refractivity (Wildman–Crippen MR) is 91.8 cm³/mol. The third-order valence-corrected chi connectivity index (χ3v) is 4.96. The number of anilines is 1. The van der Waals surface area contributed by atoms with Gasteiger partial charge in [0.1, 0.15) is 17.4 Å². The highest BCUT2D eigenvalue weighted by atomic mass is 32.1. The van der Waals surface area contributed by atoms with E-state index in [9.17, 15) is 4.79 Å². The van der Waals surface area contributed by atoms with Crippen molar-refractivity contribution in [2.75, 3.05) is 25.1 Å². The summed E-state index contributed by atoms with van der Waals surface area (Å²) in [6.45, 7) is 1.29. The van der Waals surface area contributed by atoms with Gasteiger partial charge in [-0.3, -0.25) is 4.98 Å². The lowest BCUT2D eigenvalue weighted by molar-refractivity contribution is 0.0234. The zero-order valence-corrected chi connectivity index (χ0v) is 13.8. The lowest BCUT2D eigenvalue weighted by atomic mass is 10.2. The van der Waals surface area contributed by atoms with E-state index in [2.05, 4.69) is 14.9 Å². The Morgan fingerprint density at radius 2 is 2.17 bits per heavy atom. The van der Waals surface area contributed by atoms with Gasteiger partial charge >= 0.3 is 5.97 Å². The van der Waals surface area contributed by atoms with Crippen molar-refractivity contribution in [3.63, 3.8) is 0 Å². The van der Waals surface area contributed by atoms with Gasteiger partial charge in [0, 0.05) is 12.4 Å². The lowest BCUT2D eigenvalue weighted by Crippen LogP contribution is -2.53. The fourth-order valence-corrected chi connectivity index (χ4v) is 3.58. The molecule has 0 atom stereocenters. The second-order valence-electron chi connectivity index (χ2n) is 5.48. The molecular weight excluding hydrogens is 326 g/mol. The van der Waals surface area contributed by atoms with E-state index in [4.69, 9.17) is 9.47 Å². The topological polar surface area (TPSA) is 64.6 Å². The number of rotatable bonds is 4. The molecule has 6 nitrogen and oxygen atoms in total. The number of carbonyl (C=O) groups excluding carboxylic acids is 1. The zero-order valence-electron chi connectivity index (χ0n) is 13.0. The van der Waals surface area contributed by atoms with Crippen LogP contribution in [0.4, 0.5) is 5.13 Å². The number of carbonyl (C=O) groups is 1. The molecule has 0 bridgehead atoms. The van der Waals surface area contributed by atoms with Crippen molar-refractivity contribution in [1.82, 2.24) is 9.97 Å². The van der Waals surface area contributed by atoms with E-state index in [0.717, 1.165) is 21.1 Å². The molecule has 1 aliphatic rings. The first-order valence-corrected chi connectivity index (χ1v) is 8.36. The Morgan fingerprint density at radius 1 is 1.29 bits per heavy atom. The minimum absolute atomic E-state index is 0.119. The van der Waals surface area contributed by atoms with Gasteiger partial charge < -0.3 is 14.4 Å². The number of benzene rings is 1. The van der Waals surface area contributed by atoms with Gasteiger partial charge in [0.05, 0.1) is 30.5 Å². The average Bonchev–Trinajstić information content (AvgIpc) is 3.01. The van der Waals surface area contributed by atoms with Crippen LogP contribution in [0.3, 0.4) is 0 Å². The molecule has 24 heavy (non-hydrogen) atoms. The van der Waals surface area contributed by atoms with E-state index in [0.29, 0.717) is 18.7 Å². The maximum atomic E-state index is 12.0. The van der Waals surface area contributed by atoms with Crippen molar-refractivity contribution < 1.29 is 14.3 Å². The summed E-state index contributed by atoms with van der Waals surface area (Å²) in [4.78, 5) is 22.7. The first-order valence-electron chi connectivity index (χ1n) is 7.54. The highest BCUT2D eigenvalue weighted by Gasteiger charge is 2.32. The number of methoxy groups -OCH3 is 1. The standard InChI is InChI=1S/C17H15N3O3S/c1-22-13-5-2-6-14-15(13)19-17(24-14)20-9-12(10-20)23-16(21)11-4-3-7-18-8-11/h2-8,12H,9-10H2,1H3. The fraction of sp³-hybridized carbons (Fsp3) is 0.235. The molecule has 122 valence electrons. The Morgan fingerprint density at radius 3 is 2.92 bits per heavy atom. The highest BCUT2D eigenvalue weighted by molar-refractivity contribution is 7.22. The Balaban J connectivity index is 1.42. The maximum absolute atomic E-state index is 12.0. The summed E-state index contributed by atoms with van der Waals surface area (Å²) in [6.07, 6.45) is 3.02. The molecule has 4 rings (SSSR count). The first-order chi connectivity index (χ1) is 11.7. The number of hydrogen-bond donors (Lipinski definition) is 0. The second kappa shape index (κ2) is 6.09. The number of esters is 1. The van der Waals surface area contributed by atoms with Gasteiger partial charge in [0.2, 0.25) is 0 Å². The van der Waals surface area contributed by atoms with Crippen LogP contribution in [-0.4, -0.2) is 42.2 Å². The Hall–Kier alpha value is -2.67. The van der Waals surface area contributed by atoms with Crippen LogP contribution in [0, 0.1) is 0 Å². The van der Waals surface area contributed by atoms with Crippen molar-refractivity contribution >= 4 is 32.7 Å². The number of pyridine rings is 1. The number of thiazole rings is 1. The third kappa shape index (κ3) is 2.67. The third-order valence-electron chi connectivity index (χ3n) is 3.88. The minimum atomic E-state index is -0.335. The van der Waals surface area contributed by atoms with Gasteiger partial charge in [-0.15, -0.1) is 0 Å². The molecule has 7 heteroatoms. The van der Waals surface area contributed by atoms with Crippen LogP contribution in [0.1, 0.15) is 10.4 Å². The molecule has 0 amide bonds. The second-order valence-corrected chi connectivity index (χ2v) is 6.49. The normalized spacial score (nSPS) is 14.5. The van der Waals surface area contributed by atoms with Crippen LogP contribution in [0.15, 0.2) is 42.7 Å². The van der Waals surface area contributed by atoms with Crippen LogP contribution in [0.25, 0.3) is 10.2 Å². The molecule has 0 aliphatic carbocycles. The molecule has 1 aliphatic heterocycles. The maximum Gasteiger partial charge on any atom is 0.340 e. The average molecular weight is 341 g/mol. The minimum Gasteiger partial charge on any atom is -0.494 e. The first kappa shape index (κ1) is 14.9. The molecule has 3 heterocycles. The molecule has 2 aromatic heterocycles. The van der Waals surface area contributed by atoms with E-state index in [1.165, 1.54) is 6.20 Å². The summed E-state index contributed by atoms with van der Waals surface area (Å²) < 4.78 is 11.9. The summed E-state index contributed by atoms with van der Waals surface area (Å²) >= 11 is 1.61. The molecule has 1 fully saturated rings. The van der Waals surface area contributed by atoms with E-state index in [1.54, 1.807) is 36.8 Å². The molecule has 1 aromatic carbocycles. The SMILES string of the molecule is COc1cccc2sc(N3CC(OC(=O)c4cccnc4)C3)nc12. The van der Waals surface area contributed by atoms with Gasteiger partial charge in [-0.25, -0.2) is 9.78 Å². The zero-order chi connectivity index (χ0) is 16.5. The van der Waals surface area contributed by atoms with Crippen molar-refractivity contribution in [2.45, 2.75) is 6.10 Å². The molecule has 0 unspecified atom stereocenters. The Kier molecular flexibility index (Phi) is 3.78. The largest absolute Gasteiger partial charge is 0.494 e. The molecule has 1 saturated heterocycles. The summed E-state index contributed by atoms with van der Waals surface area (Å²) in [7, 11) is 1.64. The molecule has 0 saturated carbocycles. The van der Waals surface area contributed by atoms with Crippen molar-refractivity contribution in [1.29, 1.82) is 0 Å². The van der Waals surface area contributed by atoms with Gasteiger partial charge in [0.15, 0.2) is 5.13 Å². The number of fused-ring (bicyclic) bond motifs is 1. The van der Waals surface area contributed by atoms with Gasteiger partial charge in [-0.1, -0.05) is 17.4 Å². The smallest absolute Gasteiger partial charge is 0.340 e. The van der Waals surface area contributed by atoms with Gasteiger partial charge in [-0.2, -0.15) is 0 Å². The van der Waals surface area contributed by atoms with Crippen LogP contribution >= 0.6 is 11.3 Å². The fourth-order valence-electron chi connectivity index (χ4n) is 2.58. The molecule has 0 N–H and O–H groups in total. The van der Waals surface area contributed by atoms with Crippen molar-refractivity contribution in [2.24, 2.45) is 0 Å². The van der Waals surface area contributed by atoms with E-state index in [1.807, 2.05) is 18.2 Å². The van der Waals surface area contributed by atoms with Gasteiger partial charge in [0.25, 0.3) is 0 Å².